The second-order valence-electron chi connectivity index (χ2n) is 4.37. The number of rotatable bonds is 2. The predicted octanol–water partition coefficient (Wildman–Crippen LogP) is 2.43. The molecular weight excluding hydrogens is 245 g/mol. The molecule has 1 aromatic rings. The van der Waals surface area contributed by atoms with Crippen LogP contribution in [0, 0.1) is 0 Å². The molecule has 0 bridgehead atoms. The Morgan fingerprint density at radius 3 is 2.44 bits per heavy atom. The first-order chi connectivity index (χ1) is 8.46. The predicted molar refractivity (Wildman–Crippen MR) is 60.5 cm³/mol. The summed E-state index contributed by atoms with van der Waals surface area (Å²) < 4.78 is 37.0. The minimum atomic E-state index is -4.64. The Morgan fingerprint density at radius 1 is 1.17 bits per heavy atom. The molecule has 3 nitrogen and oxygen atoms in total. The Hall–Kier alpha value is -1.11. The van der Waals surface area contributed by atoms with Crippen LogP contribution in [0.15, 0.2) is 30.3 Å². The van der Waals surface area contributed by atoms with Crippen molar-refractivity contribution in [2.24, 2.45) is 0 Å². The van der Waals surface area contributed by atoms with E-state index in [1.165, 1.54) is 0 Å². The van der Waals surface area contributed by atoms with Crippen molar-refractivity contribution in [3.05, 3.63) is 35.9 Å². The second kappa shape index (κ2) is 5.26. The summed E-state index contributed by atoms with van der Waals surface area (Å²) in [6.45, 7) is 1.30. The van der Waals surface area contributed by atoms with E-state index in [2.05, 4.69) is 4.84 Å². The number of hydroxylamine groups is 2. The van der Waals surface area contributed by atoms with E-state index >= 15 is 0 Å². The van der Waals surface area contributed by atoms with Gasteiger partial charge in [-0.15, -0.1) is 13.2 Å². The van der Waals surface area contributed by atoms with Gasteiger partial charge in [0.15, 0.2) is 0 Å². The molecule has 1 atom stereocenters. The van der Waals surface area contributed by atoms with Crippen LogP contribution in [0.4, 0.5) is 13.2 Å². The lowest BCUT2D eigenvalue weighted by atomic mass is 10.0. The van der Waals surface area contributed by atoms with Gasteiger partial charge in [-0.3, -0.25) is 0 Å². The first-order valence-corrected chi connectivity index (χ1v) is 5.72. The van der Waals surface area contributed by atoms with Gasteiger partial charge in [0.1, 0.15) is 0 Å². The fourth-order valence-electron chi connectivity index (χ4n) is 2.09. The molecule has 1 fully saturated rings. The molecule has 1 aliphatic rings. The number of alkyl halides is 3. The van der Waals surface area contributed by atoms with Gasteiger partial charge in [0.05, 0.1) is 6.04 Å². The van der Waals surface area contributed by atoms with Gasteiger partial charge in [-0.25, -0.2) is 0 Å². The molecule has 6 heteroatoms. The normalized spacial score (nSPS) is 23.2. The summed E-state index contributed by atoms with van der Waals surface area (Å²) in [4.78, 5) is 6.09. The average molecular weight is 260 g/mol. The van der Waals surface area contributed by atoms with Gasteiger partial charge in [-0.2, -0.15) is 9.90 Å². The number of halogens is 3. The summed E-state index contributed by atoms with van der Waals surface area (Å²) in [7, 11) is 1.89. The molecule has 1 unspecified atom stereocenters. The molecule has 0 amide bonds. The van der Waals surface area contributed by atoms with E-state index in [0.717, 1.165) is 10.6 Å². The van der Waals surface area contributed by atoms with Crippen molar-refractivity contribution in [2.45, 2.75) is 12.4 Å². The minimum Gasteiger partial charge on any atom is -0.303 e. The molecule has 1 aliphatic heterocycles. The molecule has 0 spiro atoms. The zero-order chi connectivity index (χ0) is 13.2. The Balaban J connectivity index is 2.16. The quantitative estimate of drug-likeness (QED) is 0.812. The highest BCUT2D eigenvalue weighted by Crippen LogP contribution is 2.29. The molecule has 1 heterocycles. The van der Waals surface area contributed by atoms with Crippen molar-refractivity contribution in [1.82, 2.24) is 9.96 Å². The van der Waals surface area contributed by atoms with Crippen molar-refractivity contribution in [3.63, 3.8) is 0 Å². The van der Waals surface area contributed by atoms with Crippen LogP contribution in [0.5, 0.6) is 0 Å². The van der Waals surface area contributed by atoms with E-state index < -0.39 is 12.4 Å². The first kappa shape index (κ1) is 13.3. The maximum Gasteiger partial charge on any atom is 0.539 e. The first-order valence-electron chi connectivity index (χ1n) is 5.72. The number of hydrogen-bond donors (Lipinski definition) is 0. The lowest BCUT2D eigenvalue weighted by Gasteiger charge is -2.39. The monoisotopic (exact) mass is 260 g/mol. The van der Waals surface area contributed by atoms with E-state index in [9.17, 15) is 13.2 Å². The van der Waals surface area contributed by atoms with Gasteiger partial charge in [-0.05, 0) is 12.6 Å². The minimum absolute atomic E-state index is 0.232. The van der Waals surface area contributed by atoms with E-state index in [4.69, 9.17) is 0 Å². The van der Waals surface area contributed by atoms with Crippen LogP contribution in [-0.2, 0) is 4.84 Å². The van der Waals surface area contributed by atoms with Crippen molar-refractivity contribution in [3.8, 4) is 0 Å². The number of piperazine rings is 1. The zero-order valence-corrected chi connectivity index (χ0v) is 10.0. The molecular formula is C12H15F3N2O. The summed E-state index contributed by atoms with van der Waals surface area (Å²) in [5, 5.41) is 1.02. The van der Waals surface area contributed by atoms with Crippen molar-refractivity contribution < 1.29 is 18.0 Å². The Bertz CT molecular complexity index is 383. The van der Waals surface area contributed by atoms with Gasteiger partial charge in [0.25, 0.3) is 0 Å². The summed E-state index contributed by atoms with van der Waals surface area (Å²) in [6, 6.07) is 8.70. The van der Waals surface area contributed by atoms with Crippen molar-refractivity contribution in [1.29, 1.82) is 0 Å². The third-order valence-corrected chi connectivity index (χ3v) is 2.94. The molecule has 100 valence electrons. The largest absolute Gasteiger partial charge is 0.539 e. The lowest BCUT2D eigenvalue weighted by molar-refractivity contribution is -0.427. The van der Waals surface area contributed by atoms with Crippen molar-refractivity contribution in [2.75, 3.05) is 26.7 Å². The molecule has 0 N–H and O–H groups in total. The van der Waals surface area contributed by atoms with Gasteiger partial charge in [-0.1, -0.05) is 30.3 Å². The highest BCUT2D eigenvalue weighted by atomic mass is 19.4. The van der Waals surface area contributed by atoms with Gasteiger partial charge in [0, 0.05) is 19.6 Å². The van der Waals surface area contributed by atoms with E-state index in [1.54, 1.807) is 0 Å². The summed E-state index contributed by atoms with van der Waals surface area (Å²) in [5.41, 5.74) is 0.827. The number of benzene rings is 1. The van der Waals surface area contributed by atoms with Gasteiger partial charge < -0.3 is 4.90 Å². The topological polar surface area (TPSA) is 15.7 Å². The smallest absolute Gasteiger partial charge is 0.303 e. The van der Waals surface area contributed by atoms with E-state index in [1.807, 2.05) is 42.3 Å². The lowest BCUT2D eigenvalue weighted by Crippen LogP contribution is -2.48. The molecule has 18 heavy (non-hydrogen) atoms. The highest BCUT2D eigenvalue weighted by Gasteiger charge is 2.38. The Kier molecular flexibility index (Phi) is 3.89. The third-order valence-electron chi connectivity index (χ3n) is 2.94. The van der Waals surface area contributed by atoms with Crippen LogP contribution >= 0.6 is 0 Å². The maximum absolute atomic E-state index is 12.3. The Morgan fingerprint density at radius 2 is 1.83 bits per heavy atom. The van der Waals surface area contributed by atoms with Crippen LogP contribution in [0.3, 0.4) is 0 Å². The van der Waals surface area contributed by atoms with E-state index in [0.29, 0.717) is 13.1 Å². The van der Waals surface area contributed by atoms with Crippen LogP contribution in [0.25, 0.3) is 0 Å². The molecule has 2 rings (SSSR count). The molecule has 0 aromatic heterocycles. The standard InChI is InChI=1S/C12H15F3N2O/c1-16-7-8-17(18-12(13,14)15)11(9-16)10-5-3-2-4-6-10/h2-6,11H,7-9H2,1H3. The van der Waals surface area contributed by atoms with Crippen molar-refractivity contribution >= 4 is 0 Å². The van der Waals surface area contributed by atoms with Crippen LogP contribution in [0.1, 0.15) is 11.6 Å². The summed E-state index contributed by atoms with van der Waals surface area (Å²) >= 11 is 0. The highest BCUT2D eigenvalue weighted by molar-refractivity contribution is 5.19. The SMILES string of the molecule is CN1CCN(OC(F)(F)F)C(c2ccccc2)C1. The zero-order valence-electron chi connectivity index (χ0n) is 10.0. The molecule has 0 aliphatic carbocycles. The molecule has 0 radical (unpaired) electrons. The summed E-state index contributed by atoms with van der Waals surface area (Å²) in [5.74, 6) is 0. The fraction of sp³-hybridized carbons (Fsp3) is 0.500. The maximum atomic E-state index is 12.3. The number of likely N-dealkylation sites (N-methyl/N-ethyl adjacent to an activating group) is 1. The summed E-state index contributed by atoms with van der Waals surface area (Å²) in [6.07, 6.45) is -4.64. The van der Waals surface area contributed by atoms with Crippen LogP contribution in [-0.4, -0.2) is 43.0 Å². The third kappa shape index (κ3) is 3.44. The number of nitrogens with zero attached hydrogens (tertiary/aromatic N) is 2. The fourth-order valence-corrected chi connectivity index (χ4v) is 2.09. The number of hydrogen-bond acceptors (Lipinski definition) is 3. The van der Waals surface area contributed by atoms with Crippen LogP contribution in [0.2, 0.25) is 0 Å². The van der Waals surface area contributed by atoms with Gasteiger partial charge in [0.2, 0.25) is 0 Å². The molecule has 0 saturated carbocycles. The average Bonchev–Trinajstić information content (AvgIpc) is 2.31. The molecule has 1 aromatic carbocycles. The van der Waals surface area contributed by atoms with Gasteiger partial charge >= 0.3 is 6.36 Å². The Labute approximate surface area is 104 Å². The van der Waals surface area contributed by atoms with E-state index in [-0.39, 0.29) is 6.54 Å². The van der Waals surface area contributed by atoms with Crippen LogP contribution < -0.4 is 0 Å². The second-order valence-corrected chi connectivity index (χ2v) is 4.37. The molecule has 1 saturated heterocycles.